The molecule has 1 amide bonds. The standard InChI is InChI=1S/C18H22FNO4/c1-11-5-6-13(15(19)9-11)12-7-8-20(10-14(12)16(21)22)17(23)24-18(2,3)4/h5-6,9H,7-8,10H2,1-4H3,(H,21,22). The van der Waals surface area contributed by atoms with Crippen molar-refractivity contribution in [3.63, 3.8) is 0 Å². The fourth-order valence-electron chi connectivity index (χ4n) is 2.60. The molecular weight excluding hydrogens is 313 g/mol. The molecule has 0 spiro atoms. The second-order valence-electron chi connectivity index (χ2n) is 6.90. The number of carboxylic acids is 1. The minimum absolute atomic E-state index is 0.0230. The number of aryl methyl sites for hydroxylation is 1. The highest BCUT2D eigenvalue weighted by Gasteiger charge is 2.30. The van der Waals surface area contributed by atoms with Crippen LogP contribution in [-0.4, -0.2) is 40.8 Å². The van der Waals surface area contributed by atoms with Gasteiger partial charge in [0.15, 0.2) is 0 Å². The molecule has 0 radical (unpaired) electrons. The van der Waals surface area contributed by atoms with Gasteiger partial charge >= 0.3 is 12.1 Å². The zero-order valence-corrected chi connectivity index (χ0v) is 14.4. The topological polar surface area (TPSA) is 66.8 Å². The van der Waals surface area contributed by atoms with Crippen molar-refractivity contribution >= 4 is 17.6 Å². The fourth-order valence-corrected chi connectivity index (χ4v) is 2.60. The number of halogens is 1. The van der Waals surface area contributed by atoms with Crippen LogP contribution in [-0.2, 0) is 9.53 Å². The van der Waals surface area contributed by atoms with Crippen molar-refractivity contribution in [1.82, 2.24) is 4.90 Å². The Balaban J connectivity index is 2.33. The molecule has 24 heavy (non-hydrogen) atoms. The van der Waals surface area contributed by atoms with Crippen LogP contribution < -0.4 is 0 Å². The van der Waals surface area contributed by atoms with Crippen LogP contribution in [0.2, 0.25) is 0 Å². The molecule has 2 rings (SSSR count). The zero-order chi connectivity index (χ0) is 18.1. The highest BCUT2D eigenvalue weighted by atomic mass is 19.1. The molecule has 0 aromatic heterocycles. The highest BCUT2D eigenvalue weighted by molar-refractivity contribution is 5.98. The van der Waals surface area contributed by atoms with Gasteiger partial charge in [0.2, 0.25) is 0 Å². The third-order valence-electron chi connectivity index (χ3n) is 3.70. The summed E-state index contributed by atoms with van der Waals surface area (Å²) < 4.78 is 19.5. The number of hydrogen-bond acceptors (Lipinski definition) is 3. The first-order valence-corrected chi connectivity index (χ1v) is 7.78. The monoisotopic (exact) mass is 335 g/mol. The highest BCUT2D eigenvalue weighted by Crippen LogP contribution is 2.30. The van der Waals surface area contributed by atoms with Crippen LogP contribution >= 0.6 is 0 Å². The predicted molar refractivity (Wildman–Crippen MR) is 88.1 cm³/mol. The predicted octanol–water partition coefficient (Wildman–Crippen LogP) is 3.61. The summed E-state index contributed by atoms with van der Waals surface area (Å²) in [6.07, 6.45) is -0.300. The molecule has 1 aliphatic rings. The smallest absolute Gasteiger partial charge is 0.410 e. The molecule has 0 atom stereocenters. The number of rotatable bonds is 2. The molecule has 5 nitrogen and oxygen atoms in total. The zero-order valence-electron chi connectivity index (χ0n) is 14.4. The molecule has 1 aromatic rings. The number of aliphatic carboxylic acids is 1. The summed E-state index contributed by atoms with van der Waals surface area (Å²) in [7, 11) is 0. The molecule has 1 N–H and O–H groups in total. The van der Waals surface area contributed by atoms with Crippen LogP contribution in [0, 0.1) is 12.7 Å². The first-order valence-electron chi connectivity index (χ1n) is 7.78. The second-order valence-corrected chi connectivity index (χ2v) is 6.90. The number of ether oxygens (including phenoxy) is 1. The number of carbonyl (C=O) groups excluding carboxylic acids is 1. The molecular formula is C18H22FNO4. The fraction of sp³-hybridized carbons (Fsp3) is 0.444. The third-order valence-corrected chi connectivity index (χ3v) is 3.70. The molecule has 0 unspecified atom stereocenters. The summed E-state index contributed by atoms with van der Waals surface area (Å²) in [4.78, 5) is 25.1. The average Bonchev–Trinajstić information content (AvgIpc) is 2.45. The Labute approximate surface area is 140 Å². The first-order chi connectivity index (χ1) is 11.1. The Morgan fingerprint density at radius 1 is 1.29 bits per heavy atom. The SMILES string of the molecule is Cc1ccc(C2=C(C(=O)O)CN(C(=O)OC(C)(C)C)CC2)c(F)c1. The van der Waals surface area contributed by atoms with Crippen LogP contribution in [0.15, 0.2) is 23.8 Å². The van der Waals surface area contributed by atoms with E-state index in [1.807, 2.05) is 0 Å². The maximum Gasteiger partial charge on any atom is 0.410 e. The van der Waals surface area contributed by atoms with Crippen molar-refractivity contribution in [3.05, 3.63) is 40.7 Å². The molecule has 1 aliphatic heterocycles. The molecule has 0 saturated heterocycles. The van der Waals surface area contributed by atoms with Gasteiger partial charge in [0.1, 0.15) is 11.4 Å². The minimum Gasteiger partial charge on any atom is -0.478 e. The van der Waals surface area contributed by atoms with E-state index in [9.17, 15) is 19.1 Å². The summed E-state index contributed by atoms with van der Waals surface area (Å²) in [5.41, 5.74) is 0.837. The number of carbonyl (C=O) groups is 2. The first kappa shape index (κ1) is 18.0. The van der Waals surface area contributed by atoms with E-state index in [4.69, 9.17) is 4.74 Å². The molecule has 1 heterocycles. The van der Waals surface area contributed by atoms with E-state index in [1.165, 1.54) is 11.0 Å². The van der Waals surface area contributed by atoms with Crippen LogP contribution in [0.25, 0.3) is 5.57 Å². The average molecular weight is 335 g/mol. The van der Waals surface area contributed by atoms with Gasteiger partial charge < -0.3 is 14.7 Å². The normalized spacial score (nSPS) is 15.5. The van der Waals surface area contributed by atoms with Crippen LogP contribution in [0.3, 0.4) is 0 Å². The summed E-state index contributed by atoms with van der Waals surface area (Å²) in [6.45, 7) is 7.19. The van der Waals surface area contributed by atoms with E-state index < -0.39 is 23.5 Å². The maximum absolute atomic E-state index is 14.2. The Morgan fingerprint density at radius 2 is 1.96 bits per heavy atom. The third kappa shape index (κ3) is 4.13. The van der Waals surface area contributed by atoms with Gasteiger partial charge in [-0.25, -0.2) is 14.0 Å². The van der Waals surface area contributed by atoms with E-state index >= 15 is 0 Å². The number of amides is 1. The molecule has 1 aromatic carbocycles. The van der Waals surface area contributed by atoms with Gasteiger partial charge in [-0.2, -0.15) is 0 Å². The van der Waals surface area contributed by atoms with Gasteiger partial charge in [-0.1, -0.05) is 12.1 Å². The van der Waals surface area contributed by atoms with Crippen molar-refractivity contribution in [2.24, 2.45) is 0 Å². The largest absolute Gasteiger partial charge is 0.478 e. The molecule has 6 heteroatoms. The molecule has 0 saturated carbocycles. The van der Waals surface area contributed by atoms with Crippen LogP contribution in [0.5, 0.6) is 0 Å². The van der Waals surface area contributed by atoms with E-state index in [-0.39, 0.29) is 30.6 Å². The Hall–Kier alpha value is -2.37. The van der Waals surface area contributed by atoms with Gasteiger partial charge in [0.05, 0.1) is 12.1 Å². The van der Waals surface area contributed by atoms with Crippen molar-refractivity contribution in [1.29, 1.82) is 0 Å². The van der Waals surface area contributed by atoms with E-state index in [1.54, 1.807) is 39.8 Å². The quantitative estimate of drug-likeness (QED) is 0.896. The number of carboxylic acid groups (broad SMARTS) is 1. The molecule has 130 valence electrons. The molecule has 0 aliphatic carbocycles. The minimum atomic E-state index is -1.15. The lowest BCUT2D eigenvalue weighted by Gasteiger charge is -2.31. The number of benzene rings is 1. The van der Waals surface area contributed by atoms with Gasteiger partial charge in [-0.15, -0.1) is 0 Å². The van der Waals surface area contributed by atoms with Crippen LogP contribution in [0.4, 0.5) is 9.18 Å². The van der Waals surface area contributed by atoms with E-state index in [2.05, 4.69) is 0 Å². The van der Waals surface area contributed by atoms with Gasteiger partial charge in [-0.05, 0) is 51.3 Å². The number of nitrogens with zero attached hydrogens (tertiary/aromatic N) is 1. The van der Waals surface area contributed by atoms with Gasteiger partial charge in [0, 0.05) is 12.1 Å². The maximum atomic E-state index is 14.2. The van der Waals surface area contributed by atoms with Crippen molar-refractivity contribution in [3.8, 4) is 0 Å². The van der Waals surface area contributed by atoms with Crippen molar-refractivity contribution < 1.29 is 23.8 Å². The van der Waals surface area contributed by atoms with Gasteiger partial charge in [0.25, 0.3) is 0 Å². The summed E-state index contributed by atoms with van der Waals surface area (Å²) in [5, 5.41) is 9.49. The summed E-state index contributed by atoms with van der Waals surface area (Å²) in [6, 6.07) is 4.71. The Morgan fingerprint density at radius 3 is 2.50 bits per heavy atom. The van der Waals surface area contributed by atoms with Gasteiger partial charge in [-0.3, -0.25) is 0 Å². The van der Waals surface area contributed by atoms with Crippen molar-refractivity contribution in [2.75, 3.05) is 13.1 Å². The lowest BCUT2D eigenvalue weighted by molar-refractivity contribution is -0.132. The summed E-state index contributed by atoms with van der Waals surface area (Å²) >= 11 is 0. The molecule has 0 fully saturated rings. The number of hydrogen-bond donors (Lipinski definition) is 1. The lowest BCUT2D eigenvalue weighted by atomic mass is 9.92. The Kier molecular flexibility index (Phi) is 4.96. The van der Waals surface area contributed by atoms with Crippen molar-refractivity contribution in [2.45, 2.75) is 39.7 Å². The summed E-state index contributed by atoms with van der Waals surface area (Å²) in [5.74, 6) is -1.60. The van der Waals surface area contributed by atoms with E-state index in [0.29, 0.717) is 5.57 Å². The Bertz CT molecular complexity index is 703. The second kappa shape index (κ2) is 6.63. The lowest BCUT2D eigenvalue weighted by Crippen LogP contribution is -2.41. The molecule has 0 bridgehead atoms. The van der Waals surface area contributed by atoms with Crippen LogP contribution in [0.1, 0.15) is 38.3 Å². The van der Waals surface area contributed by atoms with E-state index in [0.717, 1.165) is 5.56 Å².